The Bertz CT molecular complexity index is 451. The molecule has 1 atom stereocenters. The first-order chi connectivity index (χ1) is 10.0. The van der Waals surface area contributed by atoms with Crippen LogP contribution in [-0.4, -0.2) is 43.4 Å². The number of rotatable bonds is 5. The van der Waals surface area contributed by atoms with Gasteiger partial charge in [-0.3, -0.25) is 4.90 Å². The van der Waals surface area contributed by atoms with Gasteiger partial charge < -0.3 is 4.90 Å². The molecule has 0 aromatic heterocycles. The van der Waals surface area contributed by atoms with Crippen LogP contribution in [0.2, 0.25) is 0 Å². The lowest BCUT2D eigenvalue weighted by Gasteiger charge is -2.38. The summed E-state index contributed by atoms with van der Waals surface area (Å²) >= 11 is 4.52. The van der Waals surface area contributed by atoms with Crippen molar-refractivity contribution in [3.8, 4) is 0 Å². The summed E-state index contributed by atoms with van der Waals surface area (Å²) in [6.45, 7) is 14.9. The van der Waals surface area contributed by atoms with Crippen molar-refractivity contribution in [2.45, 2.75) is 27.7 Å². The first-order valence-electron chi connectivity index (χ1n) is 8.17. The van der Waals surface area contributed by atoms with Gasteiger partial charge in [-0.1, -0.05) is 26.0 Å². The molecule has 1 aromatic rings. The van der Waals surface area contributed by atoms with Gasteiger partial charge in [0, 0.05) is 38.4 Å². The third-order valence-corrected chi connectivity index (χ3v) is 5.43. The maximum Gasteiger partial charge on any atom is 0.0399 e. The average molecular weight is 307 g/mol. The highest BCUT2D eigenvalue weighted by atomic mass is 32.1. The lowest BCUT2D eigenvalue weighted by molar-refractivity contribution is 0.204. The molecule has 0 spiro atoms. The number of aryl methyl sites for hydroxylation is 1. The number of piperazine rings is 1. The van der Waals surface area contributed by atoms with Crippen LogP contribution >= 0.6 is 12.6 Å². The molecule has 2 rings (SSSR count). The Hall–Kier alpha value is -0.670. The molecule has 21 heavy (non-hydrogen) atoms. The lowest BCUT2D eigenvalue weighted by atomic mass is 9.97. The smallest absolute Gasteiger partial charge is 0.0399 e. The van der Waals surface area contributed by atoms with Crippen molar-refractivity contribution in [2.75, 3.05) is 43.4 Å². The average Bonchev–Trinajstić information content (AvgIpc) is 2.48. The topological polar surface area (TPSA) is 6.48 Å². The van der Waals surface area contributed by atoms with E-state index in [4.69, 9.17) is 0 Å². The van der Waals surface area contributed by atoms with Crippen molar-refractivity contribution in [1.29, 1.82) is 0 Å². The maximum atomic E-state index is 4.52. The second-order valence-electron chi connectivity index (χ2n) is 6.69. The molecule has 1 aliphatic rings. The van der Waals surface area contributed by atoms with Gasteiger partial charge in [0.25, 0.3) is 0 Å². The molecule has 1 unspecified atom stereocenters. The summed E-state index contributed by atoms with van der Waals surface area (Å²) in [7, 11) is 0. The minimum atomic E-state index is 0.709. The normalized spacial score (nSPS) is 18.3. The van der Waals surface area contributed by atoms with Crippen LogP contribution < -0.4 is 4.90 Å². The fourth-order valence-electron chi connectivity index (χ4n) is 3.06. The highest BCUT2D eigenvalue weighted by molar-refractivity contribution is 7.80. The van der Waals surface area contributed by atoms with E-state index in [1.165, 1.54) is 36.4 Å². The molecular weight excluding hydrogens is 276 g/mol. The van der Waals surface area contributed by atoms with Crippen LogP contribution in [-0.2, 0) is 0 Å². The highest BCUT2D eigenvalue weighted by Gasteiger charge is 2.22. The van der Waals surface area contributed by atoms with Crippen molar-refractivity contribution in [2.24, 2.45) is 11.8 Å². The molecule has 1 fully saturated rings. The predicted octanol–water partition coefficient (Wildman–Crippen LogP) is 3.63. The Labute approximate surface area is 135 Å². The molecule has 0 radical (unpaired) electrons. The Morgan fingerprint density at radius 1 is 1.10 bits per heavy atom. The van der Waals surface area contributed by atoms with Crippen molar-refractivity contribution in [1.82, 2.24) is 4.90 Å². The van der Waals surface area contributed by atoms with Crippen LogP contribution in [0.3, 0.4) is 0 Å². The number of thiol groups is 1. The van der Waals surface area contributed by atoms with Crippen molar-refractivity contribution < 1.29 is 0 Å². The fraction of sp³-hybridized carbons (Fsp3) is 0.667. The summed E-state index contributed by atoms with van der Waals surface area (Å²) in [5.41, 5.74) is 4.25. The zero-order valence-electron chi connectivity index (χ0n) is 14.0. The molecule has 1 aromatic carbocycles. The summed E-state index contributed by atoms with van der Waals surface area (Å²) in [6, 6.07) is 6.65. The molecule has 0 bridgehead atoms. The third kappa shape index (κ3) is 4.17. The third-order valence-electron chi connectivity index (χ3n) is 4.96. The fourth-order valence-corrected chi connectivity index (χ4v) is 3.60. The quantitative estimate of drug-likeness (QED) is 0.830. The van der Waals surface area contributed by atoms with E-state index in [0.717, 1.165) is 24.8 Å². The summed E-state index contributed by atoms with van der Waals surface area (Å²) in [5, 5.41) is 0. The van der Waals surface area contributed by atoms with Crippen LogP contribution in [0.25, 0.3) is 0 Å². The minimum absolute atomic E-state index is 0.709. The number of anilines is 1. The second kappa shape index (κ2) is 7.55. The first kappa shape index (κ1) is 16.7. The molecule has 0 saturated carbocycles. The molecule has 118 valence electrons. The number of nitrogens with zero attached hydrogens (tertiary/aromatic N) is 2. The van der Waals surface area contributed by atoms with Gasteiger partial charge in [-0.2, -0.15) is 12.6 Å². The Morgan fingerprint density at radius 3 is 2.33 bits per heavy atom. The van der Waals surface area contributed by atoms with Crippen molar-refractivity contribution in [3.05, 3.63) is 29.3 Å². The highest BCUT2D eigenvalue weighted by Crippen LogP contribution is 2.24. The molecule has 1 heterocycles. The van der Waals surface area contributed by atoms with E-state index < -0.39 is 0 Å². The van der Waals surface area contributed by atoms with E-state index in [-0.39, 0.29) is 0 Å². The summed E-state index contributed by atoms with van der Waals surface area (Å²) in [6.07, 6.45) is 0. The van der Waals surface area contributed by atoms with Crippen molar-refractivity contribution in [3.63, 3.8) is 0 Å². The molecule has 0 N–H and O–H groups in total. The van der Waals surface area contributed by atoms with E-state index in [0.29, 0.717) is 5.92 Å². The van der Waals surface area contributed by atoms with Crippen molar-refractivity contribution >= 4 is 18.3 Å². The number of hydrogen-bond donors (Lipinski definition) is 1. The number of hydrogen-bond acceptors (Lipinski definition) is 3. The van der Waals surface area contributed by atoms with Gasteiger partial charge in [0.15, 0.2) is 0 Å². The van der Waals surface area contributed by atoms with Gasteiger partial charge in [-0.05, 0) is 48.6 Å². The zero-order chi connectivity index (χ0) is 15.4. The Balaban J connectivity index is 1.93. The van der Waals surface area contributed by atoms with Crippen LogP contribution in [0.5, 0.6) is 0 Å². The largest absolute Gasteiger partial charge is 0.369 e. The molecule has 0 aliphatic carbocycles. The summed E-state index contributed by atoms with van der Waals surface area (Å²) in [4.78, 5) is 5.16. The van der Waals surface area contributed by atoms with Gasteiger partial charge in [-0.25, -0.2) is 0 Å². The standard InChI is InChI=1S/C18H30N2S/c1-14(2)17(13-21)12-19-8-10-20(11-9-19)18-7-5-6-15(3)16(18)4/h5-7,14,17,21H,8-13H2,1-4H3. The molecule has 2 nitrogen and oxygen atoms in total. The van der Waals surface area contributed by atoms with Gasteiger partial charge in [0.2, 0.25) is 0 Å². The lowest BCUT2D eigenvalue weighted by Crippen LogP contribution is -2.48. The van der Waals surface area contributed by atoms with E-state index in [1.807, 2.05) is 0 Å². The SMILES string of the molecule is Cc1cccc(N2CCN(CC(CS)C(C)C)CC2)c1C. The van der Waals surface area contributed by atoms with Crippen LogP contribution in [0.4, 0.5) is 5.69 Å². The van der Waals surface area contributed by atoms with Crippen LogP contribution in [0, 0.1) is 25.7 Å². The number of benzene rings is 1. The van der Waals surface area contributed by atoms with E-state index in [2.05, 4.69) is 68.3 Å². The zero-order valence-corrected chi connectivity index (χ0v) is 14.9. The summed E-state index contributed by atoms with van der Waals surface area (Å²) in [5.74, 6) is 2.43. The Morgan fingerprint density at radius 2 is 1.76 bits per heavy atom. The van der Waals surface area contributed by atoms with E-state index in [1.54, 1.807) is 0 Å². The molecule has 0 amide bonds. The van der Waals surface area contributed by atoms with Gasteiger partial charge in [0.05, 0.1) is 0 Å². The maximum absolute atomic E-state index is 4.52. The van der Waals surface area contributed by atoms with Crippen LogP contribution in [0.1, 0.15) is 25.0 Å². The second-order valence-corrected chi connectivity index (χ2v) is 7.06. The predicted molar refractivity (Wildman–Crippen MR) is 96.8 cm³/mol. The van der Waals surface area contributed by atoms with Gasteiger partial charge in [0.1, 0.15) is 0 Å². The van der Waals surface area contributed by atoms with Gasteiger partial charge >= 0.3 is 0 Å². The minimum Gasteiger partial charge on any atom is -0.369 e. The van der Waals surface area contributed by atoms with E-state index >= 15 is 0 Å². The Kier molecular flexibility index (Phi) is 6.00. The molecule has 3 heteroatoms. The molecule has 1 aliphatic heterocycles. The summed E-state index contributed by atoms with van der Waals surface area (Å²) < 4.78 is 0. The molecular formula is C18H30N2S. The van der Waals surface area contributed by atoms with Crippen LogP contribution in [0.15, 0.2) is 18.2 Å². The first-order valence-corrected chi connectivity index (χ1v) is 8.80. The van der Waals surface area contributed by atoms with Gasteiger partial charge in [-0.15, -0.1) is 0 Å². The molecule has 1 saturated heterocycles. The monoisotopic (exact) mass is 306 g/mol. The van der Waals surface area contributed by atoms with E-state index in [9.17, 15) is 0 Å².